The van der Waals surface area contributed by atoms with Gasteiger partial charge in [0.2, 0.25) is 5.91 Å². The van der Waals surface area contributed by atoms with Gasteiger partial charge in [0.05, 0.1) is 0 Å². The lowest BCUT2D eigenvalue weighted by atomic mass is 9.84. The molecule has 1 aromatic heterocycles. The molecule has 0 radical (unpaired) electrons. The van der Waals surface area contributed by atoms with E-state index in [0.29, 0.717) is 17.9 Å². The van der Waals surface area contributed by atoms with Crippen molar-refractivity contribution in [3.05, 3.63) is 23.5 Å². The second-order valence-corrected chi connectivity index (χ2v) is 6.17. The quantitative estimate of drug-likeness (QED) is 0.802. The van der Waals surface area contributed by atoms with E-state index in [1.807, 2.05) is 0 Å². The molecule has 2 heterocycles. The molecule has 0 unspecified atom stereocenters. The van der Waals surface area contributed by atoms with Crippen molar-refractivity contribution in [3.63, 3.8) is 0 Å². The molecule has 3 rings (SSSR count). The normalized spacial score (nSPS) is 21.5. The molecule has 2 fully saturated rings. The summed E-state index contributed by atoms with van der Waals surface area (Å²) < 4.78 is 2.45. The summed E-state index contributed by atoms with van der Waals surface area (Å²) >= 11 is 0. The van der Waals surface area contributed by atoms with E-state index in [0.717, 1.165) is 38.8 Å². The summed E-state index contributed by atoms with van der Waals surface area (Å²) in [6.45, 7) is 6.24. The van der Waals surface area contributed by atoms with Crippen LogP contribution in [0, 0.1) is 19.8 Å². The molecule has 1 amide bonds. The van der Waals surface area contributed by atoms with Crippen molar-refractivity contribution in [1.82, 2.24) is 9.47 Å². The van der Waals surface area contributed by atoms with Gasteiger partial charge in [-0.2, -0.15) is 0 Å². The number of nitrogens with zero attached hydrogens (tertiary/aromatic N) is 2. The third-order valence-corrected chi connectivity index (χ3v) is 4.92. The topological polar surface area (TPSA) is 25.2 Å². The van der Waals surface area contributed by atoms with Crippen molar-refractivity contribution in [2.24, 2.45) is 5.92 Å². The van der Waals surface area contributed by atoms with E-state index in [2.05, 4.69) is 35.4 Å². The first kappa shape index (κ1) is 12.8. The van der Waals surface area contributed by atoms with Gasteiger partial charge in [-0.05, 0) is 51.7 Å². The summed E-state index contributed by atoms with van der Waals surface area (Å²) in [5, 5.41) is 0. The molecular weight excluding hydrogens is 236 g/mol. The Labute approximate surface area is 115 Å². The first-order valence-electron chi connectivity index (χ1n) is 7.60. The largest absolute Gasteiger partial charge is 0.346 e. The maximum atomic E-state index is 12.2. The van der Waals surface area contributed by atoms with Crippen LogP contribution in [0.3, 0.4) is 0 Å². The van der Waals surface area contributed by atoms with E-state index in [-0.39, 0.29) is 0 Å². The van der Waals surface area contributed by atoms with Crippen molar-refractivity contribution in [2.45, 2.75) is 52.0 Å². The number of carbonyl (C=O) groups is 1. The number of aryl methyl sites for hydroxylation is 2. The Morgan fingerprint density at radius 3 is 2.11 bits per heavy atom. The Morgan fingerprint density at radius 2 is 1.63 bits per heavy atom. The number of piperidine rings is 1. The Morgan fingerprint density at radius 1 is 1.05 bits per heavy atom. The fourth-order valence-electron chi connectivity index (χ4n) is 3.51. The van der Waals surface area contributed by atoms with Crippen molar-refractivity contribution in [1.29, 1.82) is 0 Å². The second kappa shape index (κ2) is 5.03. The summed E-state index contributed by atoms with van der Waals surface area (Å²) in [6.07, 6.45) is 5.70. The van der Waals surface area contributed by atoms with E-state index in [1.54, 1.807) is 0 Å². The molecule has 1 aliphatic carbocycles. The summed E-state index contributed by atoms with van der Waals surface area (Å²) in [7, 11) is 0. The van der Waals surface area contributed by atoms with Crippen LogP contribution in [-0.2, 0) is 4.79 Å². The van der Waals surface area contributed by atoms with E-state index < -0.39 is 0 Å². The lowest BCUT2D eigenvalue weighted by Gasteiger charge is -2.37. The number of rotatable bonds is 2. The summed E-state index contributed by atoms with van der Waals surface area (Å²) in [5.41, 5.74) is 2.70. The molecule has 0 aromatic carbocycles. The van der Waals surface area contributed by atoms with Gasteiger partial charge in [0, 0.05) is 36.4 Å². The summed E-state index contributed by atoms with van der Waals surface area (Å²) in [5.74, 6) is 0.775. The Hall–Kier alpha value is -1.25. The van der Waals surface area contributed by atoms with Crippen LogP contribution in [0.15, 0.2) is 12.1 Å². The molecule has 3 heteroatoms. The molecule has 0 N–H and O–H groups in total. The molecule has 1 saturated carbocycles. The zero-order chi connectivity index (χ0) is 13.4. The van der Waals surface area contributed by atoms with E-state index >= 15 is 0 Å². The number of hydrogen-bond donors (Lipinski definition) is 0. The number of likely N-dealkylation sites (tertiary alicyclic amines) is 1. The van der Waals surface area contributed by atoms with E-state index in [4.69, 9.17) is 0 Å². The SMILES string of the molecule is Cc1ccc(C)n1C1CCN(C(=O)C2CCC2)CC1. The van der Waals surface area contributed by atoms with Crippen LogP contribution in [0.25, 0.3) is 0 Å². The molecule has 0 bridgehead atoms. The predicted octanol–water partition coefficient (Wildman–Crippen LogP) is 3.07. The van der Waals surface area contributed by atoms with Crippen LogP contribution >= 0.6 is 0 Å². The minimum Gasteiger partial charge on any atom is -0.346 e. The third kappa shape index (κ3) is 2.31. The Kier molecular flexibility index (Phi) is 3.38. The highest BCUT2D eigenvalue weighted by atomic mass is 16.2. The smallest absolute Gasteiger partial charge is 0.225 e. The van der Waals surface area contributed by atoms with Gasteiger partial charge in [-0.3, -0.25) is 4.79 Å². The summed E-state index contributed by atoms with van der Waals surface area (Å²) in [4.78, 5) is 14.3. The van der Waals surface area contributed by atoms with Crippen molar-refractivity contribution >= 4 is 5.91 Å². The first-order valence-corrected chi connectivity index (χ1v) is 7.60. The molecular formula is C16H24N2O. The number of carbonyl (C=O) groups excluding carboxylic acids is 1. The van der Waals surface area contributed by atoms with Crippen LogP contribution in [-0.4, -0.2) is 28.5 Å². The van der Waals surface area contributed by atoms with Gasteiger partial charge in [-0.1, -0.05) is 6.42 Å². The highest BCUT2D eigenvalue weighted by Gasteiger charge is 2.32. The zero-order valence-electron chi connectivity index (χ0n) is 12.1. The molecule has 1 aromatic rings. The first-order chi connectivity index (χ1) is 9.16. The van der Waals surface area contributed by atoms with Crippen molar-refractivity contribution in [3.8, 4) is 0 Å². The molecule has 19 heavy (non-hydrogen) atoms. The van der Waals surface area contributed by atoms with Gasteiger partial charge in [0.1, 0.15) is 0 Å². The highest BCUT2D eigenvalue weighted by molar-refractivity contribution is 5.79. The maximum Gasteiger partial charge on any atom is 0.225 e. The fourth-order valence-corrected chi connectivity index (χ4v) is 3.51. The van der Waals surface area contributed by atoms with Crippen molar-refractivity contribution < 1.29 is 4.79 Å². The van der Waals surface area contributed by atoms with Gasteiger partial charge in [0.25, 0.3) is 0 Å². The third-order valence-electron chi connectivity index (χ3n) is 4.92. The Balaban J connectivity index is 1.61. The molecule has 1 saturated heterocycles. The van der Waals surface area contributed by atoms with Gasteiger partial charge in [0.15, 0.2) is 0 Å². The maximum absolute atomic E-state index is 12.2. The average Bonchev–Trinajstić information content (AvgIpc) is 2.67. The minimum atomic E-state index is 0.353. The van der Waals surface area contributed by atoms with E-state index in [1.165, 1.54) is 17.8 Å². The Bertz CT molecular complexity index is 446. The standard InChI is InChI=1S/C16H24N2O/c1-12-6-7-13(2)18(12)15-8-10-17(11-9-15)16(19)14-4-3-5-14/h6-7,14-15H,3-5,8-11H2,1-2H3. The van der Waals surface area contributed by atoms with E-state index in [9.17, 15) is 4.79 Å². The minimum absolute atomic E-state index is 0.353. The van der Waals surface area contributed by atoms with Gasteiger partial charge >= 0.3 is 0 Å². The average molecular weight is 260 g/mol. The summed E-state index contributed by atoms with van der Waals surface area (Å²) in [6, 6.07) is 4.98. The molecule has 0 atom stereocenters. The van der Waals surface area contributed by atoms with Crippen molar-refractivity contribution in [2.75, 3.05) is 13.1 Å². The number of amides is 1. The number of aromatic nitrogens is 1. The highest BCUT2D eigenvalue weighted by Crippen LogP contribution is 2.31. The fraction of sp³-hybridized carbons (Fsp3) is 0.688. The zero-order valence-corrected chi connectivity index (χ0v) is 12.1. The van der Waals surface area contributed by atoms with Gasteiger partial charge < -0.3 is 9.47 Å². The molecule has 3 nitrogen and oxygen atoms in total. The lowest BCUT2D eigenvalue weighted by Crippen LogP contribution is -2.44. The lowest BCUT2D eigenvalue weighted by molar-refractivity contribution is -0.139. The predicted molar refractivity (Wildman–Crippen MR) is 76.1 cm³/mol. The molecule has 2 aliphatic rings. The van der Waals surface area contributed by atoms with Crippen LogP contribution in [0.1, 0.15) is 49.5 Å². The van der Waals surface area contributed by atoms with Gasteiger partial charge in [-0.25, -0.2) is 0 Å². The molecule has 1 aliphatic heterocycles. The second-order valence-electron chi connectivity index (χ2n) is 6.17. The van der Waals surface area contributed by atoms with Crippen LogP contribution < -0.4 is 0 Å². The van der Waals surface area contributed by atoms with Gasteiger partial charge in [-0.15, -0.1) is 0 Å². The van der Waals surface area contributed by atoms with Crippen LogP contribution in [0.2, 0.25) is 0 Å². The monoisotopic (exact) mass is 260 g/mol. The van der Waals surface area contributed by atoms with Crippen LogP contribution in [0.4, 0.5) is 0 Å². The molecule has 0 spiro atoms. The number of hydrogen-bond acceptors (Lipinski definition) is 1. The molecule has 104 valence electrons. The van der Waals surface area contributed by atoms with Crippen LogP contribution in [0.5, 0.6) is 0 Å².